The highest BCUT2D eigenvalue weighted by atomic mass is 16.5. The third kappa shape index (κ3) is 3.02. The van der Waals surface area contributed by atoms with Gasteiger partial charge in [0.05, 0.1) is 12.0 Å². The molecule has 150 valence electrons. The largest absolute Gasteiger partial charge is 0.508 e. The van der Waals surface area contributed by atoms with Crippen molar-refractivity contribution in [2.75, 3.05) is 18.5 Å². The second-order valence-corrected chi connectivity index (χ2v) is 8.02. The highest BCUT2D eigenvalue weighted by Gasteiger charge is 2.51. The Morgan fingerprint density at radius 2 is 1.90 bits per heavy atom. The van der Waals surface area contributed by atoms with Crippen molar-refractivity contribution >= 4 is 23.2 Å². The number of phenolic OH excluding ortho intramolecular Hbond substituents is 1. The lowest BCUT2D eigenvalue weighted by molar-refractivity contribution is -0.134. The van der Waals surface area contributed by atoms with Gasteiger partial charge in [0.15, 0.2) is 5.96 Å². The number of phenols is 1. The van der Waals surface area contributed by atoms with Crippen molar-refractivity contribution in [1.29, 1.82) is 5.41 Å². The summed E-state index contributed by atoms with van der Waals surface area (Å²) in [4.78, 5) is 14.6. The summed E-state index contributed by atoms with van der Waals surface area (Å²) >= 11 is 0. The summed E-state index contributed by atoms with van der Waals surface area (Å²) in [6.07, 6.45) is 2.61. The van der Waals surface area contributed by atoms with Gasteiger partial charge in [-0.05, 0) is 54.3 Å². The molecule has 4 N–H and O–H groups in total. The zero-order valence-electron chi connectivity index (χ0n) is 16.1. The molecule has 3 aliphatic rings. The van der Waals surface area contributed by atoms with Gasteiger partial charge in [-0.2, -0.15) is 0 Å². The minimum Gasteiger partial charge on any atom is -0.508 e. The molecule has 2 aliphatic heterocycles. The molecule has 1 spiro atoms. The van der Waals surface area contributed by atoms with Crippen molar-refractivity contribution in [3.8, 4) is 5.75 Å². The number of guanidine groups is 1. The van der Waals surface area contributed by atoms with Gasteiger partial charge in [-0.3, -0.25) is 15.1 Å². The van der Waals surface area contributed by atoms with Crippen molar-refractivity contribution in [3.63, 3.8) is 0 Å². The Morgan fingerprint density at radius 3 is 2.62 bits per heavy atom. The van der Waals surface area contributed by atoms with Crippen LogP contribution in [0.3, 0.4) is 0 Å². The van der Waals surface area contributed by atoms with Crippen molar-refractivity contribution < 1.29 is 14.6 Å². The first-order valence-electron chi connectivity index (χ1n) is 10.0. The number of carbonyl (C=O) groups excluding carboxylic acids is 1. The lowest BCUT2D eigenvalue weighted by Gasteiger charge is -2.51. The monoisotopic (exact) mass is 392 g/mol. The van der Waals surface area contributed by atoms with Crippen LogP contribution in [0.4, 0.5) is 11.4 Å². The van der Waals surface area contributed by atoms with Gasteiger partial charge in [-0.1, -0.05) is 12.1 Å². The first-order chi connectivity index (χ1) is 14.1. The summed E-state index contributed by atoms with van der Waals surface area (Å²) in [5, 5.41) is 24.7. The molecule has 0 radical (unpaired) electrons. The molecule has 0 unspecified atom stereocenters. The molecule has 2 saturated heterocycles. The van der Waals surface area contributed by atoms with Crippen LogP contribution in [-0.4, -0.2) is 41.1 Å². The lowest BCUT2D eigenvalue weighted by atomic mass is 9.67. The molecule has 1 atom stereocenters. The normalized spacial score (nSPS) is 24.1. The van der Waals surface area contributed by atoms with E-state index >= 15 is 0 Å². The number of nitrogens with zero attached hydrogens (tertiary/aromatic N) is 1. The van der Waals surface area contributed by atoms with Gasteiger partial charge < -0.3 is 20.5 Å². The number of aromatic hydroxyl groups is 1. The Morgan fingerprint density at radius 1 is 1.14 bits per heavy atom. The number of hydrogen-bond donors (Lipinski definition) is 4. The van der Waals surface area contributed by atoms with Crippen LogP contribution in [-0.2, 0) is 21.5 Å². The summed E-state index contributed by atoms with van der Waals surface area (Å²) in [5.74, 6) is 0.451. The molecule has 2 aromatic carbocycles. The SMILES string of the molecule is N=C1N[C@]2(CC(=O)N1C1CCOCC1)Cc1c(Nc3ccc(O)cc3)cccc12. The van der Waals surface area contributed by atoms with E-state index in [1.807, 2.05) is 30.3 Å². The first kappa shape index (κ1) is 18.0. The Bertz CT molecular complexity index is 949. The minimum absolute atomic E-state index is 0.0168. The summed E-state index contributed by atoms with van der Waals surface area (Å²) in [6.45, 7) is 1.28. The molecule has 29 heavy (non-hydrogen) atoms. The average Bonchev–Trinajstić information content (AvgIpc) is 2.70. The van der Waals surface area contributed by atoms with Gasteiger partial charge in [-0.15, -0.1) is 0 Å². The van der Waals surface area contributed by atoms with Gasteiger partial charge in [0.1, 0.15) is 5.75 Å². The van der Waals surface area contributed by atoms with Crippen molar-refractivity contribution in [1.82, 2.24) is 10.2 Å². The van der Waals surface area contributed by atoms with Crippen LogP contribution in [0.25, 0.3) is 0 Å². The van der Waals surface area contributed by atoms with E-state index in [1.165, 1.54) is 0 Å². The number of benzene rings is 2. The van der Waals surface area contributed by atoms with Gasteiger partial charge in [0.2, 0.25) is 5.91 Å². The Balaban J connectivity index is 1.37. The number of ether oxygens (including phenoxy) is 1. The lowest BCUT2D eigenvalue weighted by Crippen LogP contribution is -2.66. The zero-order valence-corrected chi connectivity index (χ0v) is 16.1. The predicted molar refractivity (Wildman–Crippen MR) is 109 cm³/mol. The minimum atomic E-state index is -0.488. The Hall–Kier alpha value is -3.06. The Kier molecular flexibility index (Phi) is 4.20. The third-order valence-electron chi connectivity index (χ3n) is 6.19. The molecule has 7 heteroatoms. The van der Waals surface area contributed by atoms with Gasteiger partial charge in [0.25, 0.3) is 0 Å². The fourth-order valence-electron chi connectivity index (χ4n) is 4.73. The molecule has 0 aromatic heterocycles. The van der Waals surface area contributed by atoms with Crippen LogP contribution in [0, 0.1) is 5.41 Å². The fraction of sp³-hybridized carbons (Fsp3) is 0.364. The number of rotatable bonds is 3. The zero-order chi connectivity index (χ0) is 20.0. The second-order valence-electron chi connectivity index (χ2n) is 8.02. The van der Waals surface area contributed by atoms with E-state index in [9.17, 15) is 9.90 Å². The summed E-state index contributed by atoms with van der Waals surface area (Å²) in [6, 6.07) is 13.0. The Labute approximate surface area is 169 Å². The highest BCUT2D eigenvalue weighted by Crippen LogP contribution is 2.47. The van der Waals surface area contributed by atoms with Crippen molar-refractivity contribution in [3.05, 3.63) is 53.6 Å². The first-order valence-corrected chi connectivity index (χ1v) is 10.0. The predicted octanol–water partition coefficient (Wildman–Crippen LogP) is 2.82. The van der Waals surface area contributed by atoms with E-state index in [4.69, 9.17) is 10.1 Å². The van der Waals surface area contributed by atoms with Crippen LogP contribution in [0.2, 0.25) is 0 Å². The maximum absolute atomic E-state index is 13.0. The summed E-state index contributed by atoms with van der Waals surface area (Å²) in [7, 11) is 0. The van der Waals surface area contributed by atoms with Gasteiger partial charge >= 0.3 is 0 Å². The van der Waals surface area contributed by atoms with Crippen LogP contribution in [0.5, 0.6) is 5.75 Å². The van der Waals surface area contributed by atoms with E-state index < -0.39 is 5.54 Å². The van der Waals surface area contributed by atoms with Crippen molar-refractivity contribution in [2.45, 2.75) is 37.3 Å². The molecule has 1 amide bonds. The molecule has 0 bridgehead atoms. The molecular weight excluding hydrogens is 368 g/mol. The number of carbonyl (C=O) groups is 1. The number of amides is 1. The topological polar surface area (TPSA) is 97.7 Å². The quantitative estimate of drug-likeness (QED) is 0.602. The molecule has 2 aromatic rings. The standard InChI is InChI=1S/C22H24N4O3/c23-21-25-22(13-20(28)26(21)15-8-10-29-11-9-15)12-17-18(22)2-1-3-19(17)24-14-4-6-16(27)7-5-14/h1-7,15,24,27H,8-13H2,(H2,23,25)/t22-/m0/s1. The van der Waals surface area contributed by atoms with E-state index in [1.54, 1.807) is 17.0 Å². The van der Waals surface area contributed by atoms with Crippen LogP contribution < -0.4 is 10.6 Å². The van der Waals surface area contributed by atoms with Gasteiger partial charge in [0, 0.05) is 37.1 Å². The third-order valence-corrected chi connectivity index (χ3v) is 6.19. The summed E-state index contributed by atoms with van der Waals surface area (Å²) in [5.41, 5.74) is 3.63. The molecule has 0 saturated carbocycles. The number of nitrogens with one attached hydrogen (secondary N) is 3. The van der Waals surface area contributed by atoms with Crippen molar-refractivity contribution in [2.24, 2.45) is 0 Å². The average molecular weight is 392 g/mol. The van der Waals surface area contributed by atoms with Crippen LogP contribution in [0.1, 0.15) is 30.4 Å². The number of hydrogen-bond acceptors (Lipinski definition) is 5. The molecule has 2 heterocycles. The van der Waals surface area contributed by atoms with E-state index in [0.29, 0.717) is 26.1 Å². The maximum Gasteiger partial charge on any atom is 0.232 e. The highest BCUT2D eigenvalue weighted by molar-refractivity contribution is 6.00. The van der Waals surface area contributed by atoms with E-state index in [0.717, 1.165) is 35.3 Å². The molecule has 5 rings (SSSR count). The van der Waals surface area contributed by atoms with E-state index in [2.05, 4.69) is 10.6 Å². The van der Waals surface area contributed by atoms with Crippen LogP contribution >= 0.6 is 0 Å². The molecular formula is C22H24N4O3. The number of fused-ring (bicyclic) bond motifs is 2. The molecule has 2 fully saturated rings. The van der Waals surface area contributed by atoms with E-state index in [-0.39, 0.29) is 23.7 Å². The smallest absolute Gasteiger partial charge is 0.232 e. The molecule has 7 nitrogen and oxygen atoms in total. The van der Waals surface area contributed by atoms with Crippen LogP contribution in [0.15, 0.2) is 42.5 Å². The molecule has 1 aliphatic carbocycles. The van der Waals surface area contributed by atoms with Gasteiger partial charge in [-0.25, -0.2) is 0 Å². The fourth-order valence-corrected chi connectivity index (χ4v) is 4.73. The maximum atomic E-state index is 13.0. The second kappa shape index (κ2) is 6.77. The number of anilines is 2. The summed E-state index contributed by atoms with van der Waals surface area (Å²) < 4.78 is 5.40.